The molecule has 0 unspecified atom stereocenters. The molecule has 1 aromatic heterocycles. The number of nitrogens with zero attached hydrogens (tertiary/aromatic N) is 3. The van der Waals surface area contributed by atoms with Crippen LogP contribution in [0.1, 0.15) is 44.4 Å². The fourth-order valence-electron chi connectivity index (χ4n) is 4.37. The number of benzene rings is 1. The van der Waals surface area contributed by atoms with Crippen molar-refractivity contribution in [1.29, 1.82) is 0 Å². The van der Waals surface area contributed by atoms with Crippen molar-refractivity contribution in [1.82, 2.24) is 15.0 Å². The third kappa shape index (κ3) is 4.84. The van der Waals surface area contributed by atoms with Gasteiger partial charge in [0, 0.05) is 44.5 Å². The van der Waals surface area contributed by atoms with Crippen molar-refractivity contribution in [2.45, 2.75) is 51.7 Å². The molecule has 1 spiro atoms. The minimum atomic E-state index is -0.597. The highest BCUT2D eigenvalue weighted by Crippen LogP contribution is 2.35. The number of carbonyl (C=O) groups excluding carboxylic acids is 2. The van der Waals surface area contributed by atoms with Crippen LogP contribution in [0, 0.1) is 0 Å². The summed E-state index contributed by atoms with van der Waals surface area (Å²) < 4.78 is 17.1. The van der Waals surface area contributed by atoms with Crippen LogP contribution in [-0.2, 0) is 22.6 Å². The monoisotopic (exact) mass is 427 g/mol. The van der Waals surface area contributed by atoms with Crippen LogP contribution in [-0.4, -0.2) is 58.6 Å². The highest BCUT2D eigenvalue weighted by atomic mass is 16.5. The number of aryl methyl sites for hydroxylation is 1. The van der Waals surface area contributed by atoms with E-state index in [4.69, 9.17) is 14.0 Å². The molecule has 2 amide bonds. The van der Waals surface area contributed by atoms with Gasteiger partial charge in [-0.3, -0.25) is 9.59 Å². The lowest BCUT2D eigenvalue weighted by molar-refractivity contribution is -0.140. The fraction of sp³-hybridized carbons (Fsp3) is 0.522. The molecule has 3 heterocycles. The van der Waals surface area contributed by atoms with Crippen LogP contribution in [0.5, 0.6) is 11.6 Å². The number of likely N-dealkylation sites (tertiary alicyclic amines) is 1. The van der Waals surface area contributed by atoms with Gasteiger partial charge in [0.15, 0.2) is 0 Å². The minimum Gasteiger partial charge on any atom is -0.483 e. The van der Waals surface area contributed by atoms with E-state index >= 15 is 0 Å². The molecular weight excluding hydrogens is 398 g/mol. The van der Waals surface area contributed by atoms with E-state index in [9.17, 15) is 9.59 Å². The highest BCUT2D eigenvalue weighted by Gasteiger charge is 2.43. The molecule has 1 fully saturated rings. The van der Waals surface area contributed by atoms with E-state index in [-0.39, 0.29) is 11.8 Å². The lowest BCUT2D eigenvalue weighted by Gasteiger charge is -2.43. The number of carbonyl (C=O) groups is 2. The van der Waals surface area contributed by atoms with Crippen LogP contribution < -0.4 is 9.47 Å². The number of piperidine rings is 1. The van der Waals surface area contributed by atoms with Gasteiger partial charge in [-0.2, -0.15) is 0 Å². The summed E-state index contributed by atoms with van der Waals surface area (Å²) >= 11 is 0. The quantitative estimate of drug-likeness (QED) is 0.730. The molecule has 0 radical (unpaired) electrons. The fourth-order valence-corrected chi connectivity index (χ4v) is 4.37. The molecule has 0 aliphatic carbocycles. The van der Waals surface area contributed by atoms with Gasteiger partial charge in [0.1, 0.15) is 17.1 Å². The van der Waals surface area contributed by atoms with Crippen molar-refractivity contribution in [2.75, 3.05) is 26.2 Å². The first-order chi connectivity index (χ1) is 15.0. The molecule has 8 nitrogen and oxygen atoms in total. The average Bonchev–Trinajstić information content (AvgIpc) is 3.13. The van der Waals surface area contributed by atoms with Crippen LogP contribution in [0.3, 0.4) is 0 Å². The Balaban J connectivity index is 1.45. The second-order valence-electron chi connectivity index (χ2n) is 8.25. The number of hydrogen-bond acceptors (Lipinski definition) is 6. The Labute approximate surface area is 182 Å². The number of amides is 2. The molecule has 2 aliphatic heterocycles. The molecular formula is C23H29N3O5. The van der Waals surface area contributed by atoms with E-state index in [2.05, 4.69) is 5.16 Å². The third-order valence-electron chi connectivity index (χ3n) is 5.89. The van der Waals surface area contributed by atoms with Gasteiger partial charge in [-0.25, -0.2) is 0 Å². The Kier molecular flexibility index (Phi) is 6.15. The summed E-state index contributed by atoms with van der Waals surface area (Å²) in [6.45, 7) is 6.13. The first-order valence-corrected chi connectivity index (χ1v) is 10.9. The zero-order valence-electron chi connectivity index (χ0n) is 18.1. The van der Waals surface area contributed by atoms with Crippen LogP contribution in [0.4, 0.5) is 0 Å². The maximum absolute atomic E-state index is 13.0. The predicted octanol–water partition coefficient (Wildman–Crippen LogP) is 2.81. The maximum Gasteiger partial charge on any atom is 0.254 e. The van der Waals surface area contributed by atoms with Crippen LogP contribution in [0.15, 0.2) is 34.9 Å². The second kappa shape index (κ2) is 8.99. The first kappa shape index (κ1) is 21.2. The second-order valence-corrected chi connectivity index (χ2v) is 8.25. The van der Waals surface area contributed by atoms with Crippen molar-refractivity contribution >= 4 is 11.8 Å². The lowest BCUT2D eigenvalue weighted by atomic mass is 9.91. The molecule has 1 atom stereocenters. The van der Waals surface area contributed by atoms with E-state index in [0.29, 0.717) is 57.3 Å². The summed E-state index contributed by atoms with van der Waals surface area (Å²) in [4.78, 5) is 28.9. The number of fused-ring (bicyclic) bond motifs is 1. The smallest absolute Gasteiger partial charge is 0.254 e. The Morgan fingerprint density at radius 2 is 2.03 bits per heavy atom. The predicted molar refractivity (Wildman–Crippen MR) is 113 cm³/mol. The molecule has 1 saturated heterocycles. The van der Waals surface area contributed by atoms with Gasteiger partial charge in [-0.05, 0) is 31.0 Å². The molecule has 2 aromatic rings. The lowest BCUT2D eigenvalue weighted by Crippen LogP contribution is -2.58. The van der Waals surface area contributed by atoms with Crippen LogP contribution >= 0.6 is 0 Å². The number of aromatic nitrogens is 1. The summed E-state index contributed by atoms with van der Waals surface area (Å²) in [6, 6.07) is 9.56. The Morgan fingerprint density at radius 1 is 1.23 bits per heavy atom. The van der Waals surface area contributed by atoms with Crippen molar-refractivity contribution in [3.8, 4) is 11.6 Å². The molecule has 4 rings (SSSR count). The number of para-hydroxylation sites is 1. The summed E-state index contributed by atoms with van der Waals surface area (Å²) in [5.74, 6) is 1.93. The van der Waals surface area contributed by atoms with Crippen molar-refractivity contribution < 1.29 is 23.6 Å². The zero-order chi connectivity index (χ0) is 21.8. The van der Waals surface area contributed by atoms with Crippen LogP contribution in [0.2, 0.25) is 0 Å². The van der Waals surface area contributed by atoms with E-state index in [1.807, 2.05) is 41.0 Å². The summed E-state index contributed by atoms with van der Waals surface area (Å²) in [6.07, 6.45) is 2.42. The molecule has 0 saturated carbocycles. The molecule has 0 N–H and O–H groups in total. The van der Waals surface area contributed by atoms with E-state index < -0.39 is 5.60 Å². The van der Waals surface area contributed by atoms with Gasteiger partial charge in [-0.1, -0.05) is 18.2 Å². The van der Waals surface area contributed by atoms with Crippen molar-refractivity contribution in [3.05, 3.63) is 41.7 Å². The summed E-state index contributed by atoms with van der Waals surface area (Å²) in [5, 5.41) is 3.84. The third-order valence-corrected chi connectivity index (χ3v) is 5.89. The SMILES string of the molecule is CCOc1cc(CCC(=O)N2CCC[C@@]3(CN(C(C)=O)Cc4ccccc4O3)C2)on1. The van der Waals surface area contributed by atoms with Crippen LogP contribution in [0.25, 0.3) is 0 Å². The van der Waals surface area contributed by atoms with E-state index in [0.717, 1.165) is 24.2 Å². The largest absolute Gasteiger partial charge is 0.483 e. The Bertz CT molecular complexity index is 943. The van der Waals surface area contributed by atoms with Gasteiger partial charge < -0.3 is 23.8 Å². The number of rotatable bonds is 5. The topological polar surface area (TPSA) is 85.1 Å². The molecule has 31 heavy (non-hydrogen) atoms. The van der Waals surface area contributed by atoms with E-state index in [1.165, 1.54) is 0 Å². The Hall–Kier alpha value is -3.03. The summed E-state index contributed by atoms with van der Waals surface area (Å²) in [5.41, 5.74) is 0.397. The number of hydrogen-bond donors (Lipinski definition) is 0. The first-order valence-electron chi connectivity index (χ1n) is 10.9. The minimum absolute atomic E-state index is 0.0125. The highest BCUT2D eigenvalue weighted by molar-refractivity contribution is 5.77. The van der Waals surface area contributed by atoms with Gasteiger partial charge in [0.05, 0.1) is 19.7 Å². The molecule has 8 heteroatoms. The van der Waals surface area contributed by atoms with Crippen molar-refractivity contribution in [3.63, 3.8) is 0 Å². The molecule has 2 aliphatic rings. The maximum atomic E-state index is 13.0. The van der Waals surface area contributed by atoms with Gasteiger partial charge in [-0.15, -0.1) is 0 Å². The average molecular weight is 428 g/mol. The van der Waals surface area contributed by atoms with E-state index in [1.54, 1.807) is 13.0 Å². The molecule has 1 aromatic carbocycles. The molecule has 166 valence electrons. The van der Waals surface area contributed by atoms with Gasteiger partial charge in [0.25, 0.3) is 5.88 Å². The van der Waals surface area contributed by atoms with Gasteiger partial charge in [0.2, 0.25) is 11.8 Å². The normalized spacial score (nSPS) is 20.7. The summed E-state index contributed by atoms with van der Waals surface area (Å²) in [7, 11) is 0. The van der Waals surface area contributed by atoms with Crippen molar-refractivity contribution in [2.24, 2.45) is 0 Å². The molecule has 0 bridgehead atoms. The zero-order valence-corrected chi connectivity index (χ0v) is 18.1. The van der Waals surface area contributed by atoms with Gasteiger partial charge >= 0.3 is 0 Å². The Morgan fingerprint density at radius 3 is 2.84 bits per heavy atom. The standard InChI is InChI=1S/C23H29N3O5/c1-3-29-21-13-19(31-24-21)9-10-22(28)25-12-6-11-23(15-25)16-26(17(2)27)14-18-7-4-5-8-20(18)30-23/h4-5,7-8,13H,3,6,9-12,14-16H2,1-2H3/t23-/m0/s1. The number of ether oxygens (including phenoxy) is 2.